The van der Waals surface area contributed by atoms with Gasteiger partial charge in [-0.2, -0.15) is 0 Å². The van der Waals surface area contributed by atoms with E-state index in [1.165, 1.54) is 151 Å². The maximum atomic E-state index is 12.6. The Hall–Kier alpha value is -8.41. The van der Waals surface area contributed by atoms with Gasteiger partial charge in [0.05, 0.1) is 27.3 Å². The van der Waals surface area contributed by atoms with Crippen molar-refractivity contribution in [3.05, 3.63) is 204 Å². The lowest BCUT2D eigenvalue weighted by molar-refractivity contribution is 0.101. The molecule has 0 saturated carbocycles. The summed E-state index contributed by atoms with van der Waals surface area (Å²) in [5.74, 6) is -0.147. The van der Waals surface area contributed by atoms with E-state index in [4.69, 9.17) is 25.2 Å². The Morgan fingerprint density at radius 3 is 0.860 bits per heavy atom. The van der Waals surface area contributed by atoms with Crippen molar-refractivity contribution >= 4 is 193 Å². The van der Waals surface area contributed by atoms with Gasteiger partial charge < -0.3 is 25.2 Å². The topological polar surface area (TPSA) is 119 Å². The van der Waals surface area contributed by atoms with Crippen LogP contribution >= 0.6 is 24.0 Å². The highest BCUT2D eigenvalue weighted by molar-refractivity contribution is 7.35. The SMILES string of the molecule is CC(=O)c1cc2ccccc2c2c1op(C)oc1c(C(C)=O)cc3ccccc3c12.Cp1oc2c(CN3CCCCC3)cc3ccccc3c2c2c(o1)c(CN1CCCCC1)cc1ccccc12.Cp1oc2c([Si](C)(C)C)cc3ccccc3c2c2c(o1)c([Si](C)(C)C)cc1ccccc12. The monoisotopic (exact) mass is 1410 g/mol. The summed E-state index contributed by atoms with van der Waals surface area (Å²) in [4.78, 5) is 30.3. The number of piperidine rings is 2. The fourth-order valence-corrected chi connectivity index (χ4v) is 21.5. The highest BCUT2D eigenvalue weighted by Gasteiger charge is 2.29. The van der Waals surface area contributed by atoms with Gasteiger partial charge in [-0.3, -0.25) is 19.4 Å². The molecule has 0 spiro atoms. The minimum Gasteiger partial charge on any atom is -0.419 e. The number of hydrogen-bond donors (Lipinski definition) is 0. The molecule has 3 aromatic heterocycles. The second-order valence-corrected chi connectivity index (χ2v) is 43.3. The molecule has 0 aliphatic carbocycles. The Balaban J connectivity index is 0.000000123. The molecule has 0 radical (unpaired) electrons. The van der Waals surface area contributed by atoms with E-state index in [-0.39, 0.29) is 11.6 Å². The molecule has 508 valence electrons. The van der Waals surface area contributed by atoms with Gasteiger partial charge in [-0.05, 0) is 165 Å². The lowest BCUT2D eigenvalue weighted by Gasteiger charge is -2.27. The van der Waals surface area contributed by atoms with Gasteiger partial charge in [0.25, 0.3) is 0 Å². The van der Waals surface area contributed by atoms with E-state index in [1.807, 2.05) is 67.3 Å². The predicted molar refractivity (Wildman–Crippen MR) is 431 cm³/mol. The molecule has 2 fully saturated rings. The number of aryl methyl sites for hydroxylation is 3. The van der Waals surface area contributed by atoms with Crippen LogP contribution in [0, 0.1) is 0 Å². The van der Waals surface area contributed by atoms with Crippen LogP contribution in [0.4, 0.5) is 0 Å². The normalized spacial score (nSPS) is 14.2. The van der Waals surface area contributed by atoms with Crippen LogP contribution in [-0.2, 0) is 33.1 Å². The van der Waals surface area contributed by atoms with E-state index in [9.17, 15) is 9.59 Å². The standard InChI is InChI=1S/C33H37N2O2P.C27H31O2PSi2.C25H19O4P/c1-38-36-32-26(22-34-16-8-2-9-17-34)20-24-12-4-6-14-28(24)30(32)31-29-15-7-5-13-25(29)21-27(33(31)37-38)23-35-18-10-3-11-19-35;1-30-28-26-22(31(2,3)4)16-18-12-8-10-14-20(18)24(26)25-21-15-11-9-13-19(21)17-23(27(25)29-30)32(5,6)7;1-14(26)20-12-16-8-4-6-10-18(16)22-23-19-11-7-5-9-17(19)13-21(15(2)27)25(23)29-30(3)28-24(20)22/h4-7,12-15,20-21H,2-3,8-11,16-19,22-23H2,1H3;8-17H,1-7H3;4-13H,1-3H3. The molecule has 2 aliphatic heterocycles. The molecule has 0 atom stereocenters. The van der Waals surface area contributed by atoms with Gasteiger partial charge in [0.15, 0.2) is 22.7 Å². The number of nitrogens with zero attached hydrogens (tertiary/aromatic N) is 2. The molecule has 0 bridgehead atoms. The first-order chi connectivity index (χ1) is 48.2. The molecule has 0 unspecified atom stereocenters. The van der Waals surface area contributed by atoms with Crippen LogP contribution in [0.2, 0.25) is 39.3 Å². The molecular formula is C85H87N2O8P3Si2. The van der Waals surface area contributed by atoms with Crippen LogP contribution in [0.15, 0.2) is 207 Å². The first-order valence-electron chi connectivity index (χ1n) is 35.4. The molecular weight excluding hydrogens is 1330 g/mol. The third kappa shape index (κ3) is 12.9. The summed E-state index contributed by atoms with van der Waals surface area (Å²) in [6, 6.07) is 64.3. The molecule has 5 heterocycles. The summed E-state index contributed by atoms with van der Waals surface area (Å²) in [6.45, 7) is 30.1. The van der Waals surface area contributed by atoms with Gasteiger partial charge in [0.1, 0.15) is 22.3 Å². The first-order valence-corrected chi connectivity index (χ1v) is 47.2. The van der Waals surface area contributed by atoms with Gasteiger partial charge in [-0.1, -0.05) is 210 Å². The molecule has 0 N–H and O–H groups in total. The predicted octanol–water partition coefficient (Wildman–Crippen LogP) is 24.9. The number of benzene rings is 12. The van der Waals surface area contributed by atoms with Gasteiger partial charge in [0, 0.05) is 76.5 Å². The van der Waals surface area contributed by atoms with Gasteiger partial charge in [-0.25, -0.2) is 0 Å². The van der Waals surface area contributed by atoms with E-state index in [0.717, 1.165) is 67.7 Å². The molecule has 0 amide bonds. The average molecular weight is 1410 g/mol. The second kappa shape index (κ2) is 27.5. The van der Waals surface area contributed by atoms with E-state index < -0.39 is 40.2 Å². The lowest BCUT2D eigenvalue weighted by atomic mass is 9.93. The summed E-state index contributed by atoms with van der Waals surface area (Å²) in [6.07, 6.45) is 7.83. The second-order valence-electron chi connectivity index (χ2n) is 29.5. The van der Waals surface area contributed by atoms with E-state index >= 15 is 0 Å². The summed E-state index contributed by atoms with van der Waals surface area (Å²) in [5, 5.41) is 23.1. The van der Waals surface area contributed by atoms with Crippen molar-refractivity contribution < 1.29 is 34.8 Å². The molecule has 10 nitrogen and oxygen atoms in total. The van der Waals surface area contributed by atoms with Crippen molar-refractivity contribution in [2.75, 3.05) is 26.2 Å². The zero-order valence-electron chi connectivity index (χ0n) is 59.3. The number of ketones is 2. The number of Topliss-reactive ketones (excluding diaryl/α,β-unsaturated/α-hetero) is 2. The number of fused-ring (bicyclic) bond motifs is 21. The van der Waals surface area contributed by atoms with Crippen molar-refractivity contribution in [1.82, 2.24) is 9.80 Å². The van der Waals surface area contributed by atoms with Gasteiger partial charge >= 0.3 is 0 Å². The van der Waals surface area contributed by atoms with Crippen LogP contribution in [0.5, 0.6) is 0 Å². The summed E-state index contributed by atoms with van der Waals surface area (Å²) in [7, 11) is -6.96. The average Bonchev–Trinajstić information content (AvgIpc) is 1.40. The number of carbonyl (C=O) groups is 2. The Morgan fingerprint density at radius 1 is 0.330 bits per heavy atom. The summed E-state index contributed by atoms with van der Waals surface area (Å²) < 4.78 is 39.5. The molecule has 2 aliphatic rings. The van der Waals surface area contributed by atoms with E-state index in [2.05, 4.69) is 184 Å². The Labute approximate surface area is 588 Å². The van der Waals surface area contributed by atoms with Crippen LogP contribution in [-0.4, -0.2) is 63.7 Å². The van der Waals surface area contributed by atoms with E-state index in [0.29, 0.717) is 22.3 Å². The van der Waals surface area contributed by atoms with Crippen molar-refractivity contribution in [3.63, 3.8) is 0 Å². The maximum Gasteiger partial charge on any atom is 0.213 e. The molecule has 15 aromatic rings. The fraction of sp³-hybridized carbons (Fsp3) is 0.271. The molecule has 17 rings (SSSR count). The van der Waals surface area contributed by atoms with Crippen molar-refractivity contribution in [2.24, 2.45) is 20.0 Å². The van der Waals surface area contributed by atoms with Crippen LogP contribution in [0.25, 0.3) is 130 Å². The quantitative estimate of drug-likeness (QED) is 0.107. The van der Waals surface area contributed by atoms with Crippen LogP contribution in [0.1, 0.15) is 84.2 Å². The number of rotatable bonds is 8. The van der Waals surface area contributed by atoms with Crippen molar-refractivity contribution in [1.29, 1.82) is 0 Å². The van der Waals surface area contributed by atoms with Crippen molar-refractivity contribution in [2.45, 2.75) is 105 Å². The van der Waals surface area contributed by atoms with Crippen molar-refractivity contribution in [3.8, 4) is 0 Å². The zero-order valence-corrected chi connectivity index (χ0v) is 64.0. The van der Waals surface area contributed by atoms with Gasteiger partial charge in [-0.15, -0.1) is 0 Å². The Bertz CT molecular complexity index is 5580. The molecule has 15 heteroatoms. The molecule has 2 saturated heterocycles. The minimum atomic E-state index is -1.68. The smallest absolute Gasteiger partial charge is 0.213 e. The minimum absolute atomic E-state index is 0.0733. The first kappa shape index (κ1) is 67.4. The molecule has 100 heavy (non-hydrogen) atoms. The van der Waals surface area contributed by atoms with Crippen LogP contribution < -0.4 is 10.4 Å². The zero-order chi connectivity index (χ0) is 69.3. The molecule has 12 aromatic carbocycles. The number of likely N-dealkylation sites (tertiary alicyclic amines) is 2. The van der Waals surface area contributed by atoms with Crippen LogP contribution in [0.3, 0.4) is 0 Å². The fourth-order valence-electron chi connectivity index (χ4n) is 15.6. The maximum absolute atomic E-state index is 12.6. The summed E-state index contributed by atoms with van der Waals surface area (Å²) >= 11 is 0. The number of hydrogen-bond acceptors (Lipinski definition) is 10. The summed E-state index contributed by atoms with van der Waals surface area (Å²) in [5.41, 5.74) is 8.83. The highest BCUT2D eigenvalue weighted by atomic mass is 31.1. The Kier molecular flexibility index (Phi) is 18.5. The Morgan fingerprint density at radius 2 is 0.570 bits per heavy atom. The largest absolute Gasteiger partial charge is 0.419 e. The number of carbonyl (C=O) groups excluding carboxylic acids is 2. The van der Waals surface area contributed by atoms with E-state index in [1.54, 1.807) is 13.8 Å². The highest BCUT2D eigenvalue weighted by Crippen LogP contribution is 2.47. The third-order valence-electron chi connectivity index (χ3n) is 20.3. The van der Waals surface area contributed by atoms with Gasteiger partial charge in [0.2, 0.25) is 24.0 Å². The third-order valence-corrected chi connectivity index (χ3v) is 26.9. The lowest BCUT2D eigenvalue weighted by Crippen LogP contribution is -2.38.